The van der Waals surface area contributed by atoms with Gasteiger partial charge in [-0.3, -0.25) is 9.88 Å². The Morgan fingerprint density at radius 3 is 2.26 bits per heavy atom. The van der Waals surface area contributed by atoms with Crippen LogP contribution in [-0.2, 0) is 4.74 Å². The third-order valence-electron chi connectivity index (χ3n) is 6.66. The number of morpholine rings is 1. The Balaban J connectivity index is 1.17. The van der Waals surface area contributed by atoms with Gasteiger partial charge in [0.25, 0.3) is 0 Å². The number of hydrogen-bond donors (Lipinski definition) is 4. The molecule has 1 saturated heterocycles. The van der Waals surface area contributed by atoms with Crippen LogP contribution in [0.15, 0.2) is 79.0 Å². The molecule has 2 aromatic heterocycles. The molecule has 0 bridgehead atoms. The van der Waals surface area contributed by atoms with Crippen LogP contribution in [0.3, 0.4) is 0 Å². The molecule has 1 aliphatic rings. The molecule has 6 rings (SSSR count). The smallest absolute Gasteiger partial charge is 0.233 e. The highest BCUT2D eigenvalue weighted by Crippen LogP contribution is 2.28. The second-order valence-corrected chi connectivity index (χ2v) is 10.1. The molecular formula is C30H29ClFN9O. The summed E-state index contributed by atoms with van der Waals surface area (Å²) in [6, 6.07) is 21.5. The molecule has 0 radical (unpaired) electrons. The van der Waals surface area contributed by atoms with Gasteiger partial charge in [0, 0.05) is 65.5 Å². The summed E-state index contributed by atoms with van der Waals surface area (Å²) < 4.78 is 19.2. The molecule has 0 aliphatic carbocycles. The lowest BCUT2D eigenvalue weighted by atomic mass is 10.2. The number of aromatic nitrogens is 4. The summed E-state index contributed by atoms with van der Waals surface area (Å²) in [6.45, 7) is 4.76. The number of pyridine rings is 1. The minimum absolute atomic E-state index is 0.287. The number of halogens is 2. The fourth-order valence-electron chi connectivity index (χ4n) is 4.56. The lowest BCUT2D eigenvalue weighted by molar-refractivity contribution is 0.0398. The number of anilines is 7. The average molecular weight is 586 g/mol. The average Bonchev–Trinajstić information content (AvgIpc) is 2.99. The van der Waals surface area contributed by atoms with Crippen LogP contribution >= 0.6 is 11.6 Å². The van der Waals surface area contributed by atoms with Gasteiger partial charge in [-0.05, 0) is 66.7 Å². The molecule has 0 amide bonds. The summed E-state index contributed by atoms with van der Waals surface area (Å²) >= 11 is 6.13. The molecule has 0 spiro atoms. The van der Waals surface area contributed by atoms with Crippen molar-refractivity contribution in [3.63, 3.8) is 0 Å². The summed E-state index contributed by atoms with van der Waals surface area (Å²) in [7, 11) is 0. The third-order valence-corrected chi connectivity index (χ3v) is 6.89. The van der Waals surface area contributed by atoms with Crippen LogP contribution in [0.2, 0.25) is 5.02 Å². The zero-order valence-electron chi connectivity index (χ0n) is 22.6. The summed E-state index contributed by atoms with van der Waals surface area (Å²) in [5.41, 5.74) is 3.97. The standard InChI is InChI=1S/C30H29ClFN9O/c31-20-4-9-25-26(10-11-33-27(25)18-20)35-22-5-7-23(8-6-22)36-29-38-28(34-12-13-41-14-16-42-17-15-41)39-30(40-29)37-24-3-1-2-21(32)19-24/h1-11,18-19H,12-17H2,(H,33,35)(H3,34,36,37,38,39,40). The van der Waals surface area contributed by atoms with E-state index in [1.807, 2.05) is 48.5 Å². The first-order valence-electron chi connectivity index (χ1n) is 13.6. The van der Waals surface area contributed by atoms with Gasteiger partial charge in [0.2, 0.25) is 17.8 Å². The SMILES string of the molecule is Fc1cccc(Nc2nc(NCCN3CCOCC3)nc(Nc3ccc(Nc4ccnc5cc(Cl)ccc45)cc3)n2)c1. The molecule has 12 heteroatoms. The van der Waals surface area contributed by atoms with E-state index in [0.717, 1.165) is 60.8 Å². The summed E-state index contributed by atoms with van der Waals surface area (Å²) in [5.74, 6) is 0.682. The maximum Gasteiger partial charge on any atom is 0.233 e. The highest BCUT2D eigenvalue weighted by atomic mass is 35.5. The molecular weight excluding hydrogens is 557 g/mol. The number of nitrogens with zero attached hydrogens (tertiary/aromatic N) is 5. The van der Waals surface area contributed by atoms with Gasteiger partial charge in [-0.1, -0.05) is 17.7 Å². The van der Waals surface area contributed by atoms with Crippen molar-refractivity contribution in [1.29, 1.82) is 0 Å². The molecule has 42 heavy (non-hydrogen) atoms. The molecule has 214 valence electrons. The Hall–Kier alpha value is -4.58. The molecule has 0 saturated carbocycles. The maximum atomic E-state index is 13.8. The van der Waals surface area contributed by atoms with E-state index in [1.54, 1.807) is 18.3 Å². The van der Waals surface area contributed by atoms with Crippen molar-refractivity contribution in [2.75, 3.05) is 60.7 Å². The topological polar surface area (TPSA) is 112 Å². The van der Waals surface area contributed by atoms with Crippen molar-refractivity contribution in [2.45, 2.75) is 0 Å². The van der Waals surface area contributed by atoms with Gasteiger partial charge in [-0.25, -0.2) is 4.39 Å². The number of ether oxygens (including phenoxy) is 1. The number of fused-ring (bicyclic) bond motifs is 1. The Bertz CT molecular complexity index is 1670. The van der Waals surface area contributed by atoms with Gasteiger partial charge in [-0.15, -0.1) is 0 Å². The minimum atomic E-state index is -0.353. The van der Waals surface area contributed by atoms with Gasteiger partial charge in [0.15, 0.2) is 0 Å². The van der Waals surface area contributed by atoms with E-state index in [9.17, 15) is 4.39 Å². The molecule has 5 aromatic rings. The molecule has 1 fully saturated rings. The summed E-state index contributed by atoms with van der Waals surface area (Å²) in [5, 5.41) is 14.7. The Labute approximate surface area is 247 Å². The predicted octanol–water partition coefficient (Wildman–Crippen LogP) is 6.19. The van der Waals surface area contributed by atoms with Crippen molar-refractivity contribution in [2.24, 2.45) is 0 Å². The van der Waals surface area contributed by atoms with E-state index in [2.05, 4.69) is 46.1 Å². The first kappa shape index (κ1) is 27.6. The molecule has 3 aromatic carbocycles. The van der Waals surface area contributed by atoms with Crippen LogP contribution in [0, 0.1) is 5.82 Å². The van der Waals surface area contributed by atoms with Crippen molar-refractivity contribution in [3.05, 3.63) is 89.8 Å². The molecule has 10 nitrogen and oxygen atoms in total. The van der Waals surface area contributed by atoms with Crippen molar-refractivity contribution in [1.82, 2.24) is 24.8 Å². The van der Waals surface area contributed by atoms with Gasteiger partial charge in [0.1, 0.15) is 5.82 Å². The maximum absolute atomic E-state index is 13.8. The van der Waals surface area contributed by atoms with Crippen molar-refractivity contribution < 1.29 is 9.13 Å². The van der Waals surface area contributed by atoms with E-state index < -0.39 is 0 Å². The molecule has 1 aliphatic heterocycles. The number of hydrogen-bond acceptors (Lipinski definition) is 10. The zero-order valence-corrected chi connectivity index (χ0v) is 23.4. The second kappa shape index (κ2) is 12.9. The molecule has 3 heterocycles. The first-order valence-corrected chi connectivity index (χ1v) is 14.0. The second-order valence-electron chi connectivity index (χ2n) is 9.67. The summed E-state index contributed by atoms with van der Waals surface area (Å²) in [4.78, 5) is 20.3. The normalized spacial score (nSPS) is 13.6. The van der Waals surface area contributed by atoms with E-state index in [1.165, 1.54) is 12.1 Å². The van der Waals surface area contributed by atoms with E-state index in [4.69, 9.17) is 16.3 Å². The van der Waals surface area contributed by atoms with E-state index in [-0.39, 0.29) is 11.8 Å². The summed E-state index contributed by atoms with van der Waals surface area (Å²) in [6.07, 6.45) is 1.75. The van der Waals surface area contributed by atoms with Crippen molar-refractivity contribution >= 4 is 63.1 Å². The van der Waals surface area contributed by atoms with Crippen molar-refractivity contribution in [3.8, 4) is 0 Å². The van der Waals surface area contributed by atoms with Crippen LogP contribution in [-0.4, -0.2) is 64.2 Å². The fourth-order valence-corrected chi connectivity index (χ4v) is 4.73. The predicted molar refractivity (Wildman–Crippen MR) is 165 cm³/mol. The Morgan fingerprint density at radius 2 is 1.50 bits per heavy atom. The largest absolute Gasteiger partial charge is 0.379 e. The zero-order chi connectivity index (χ0) is 28.7. The monoisotopic (exact) mass is 585 g/mol. The molecule has 4 N–H and O–H groups in total. The fraction of sp³-hybridized carbons (Fsp3) is 0.200. The van der Waals surface area contributed by atoms with Gasteiger partial charge in [-0.2, -0.15) is 15.0 Å². The highest BCUT2D eigenvalue weighted by molar-refractivity contribution is 6.31. The van der Waals surface area contributed by atoms with Crippen LogP contribution in [0.25, 0.3) is 10.9 Å². The molecule has 0 atom stereocenters. The Morgan fingerprint density at radius 1 is 0.786 bits per heavy atom. The van der Waals surface area contributed by atoms with E-state index >= 15 is 0 Å². The van der Waals surface area contributed by atoms with Gasteiger partial charge < -0.3 is 26.0 Å². The lowest BCUT2D eigenvalue weighted by Gasteiger charge is -2.26. The van der Waals surface area contributed by atoms with Crippen LogP contribution < -0.4 is 21.3 Å². The van der Waals surface area contributed by atoms with Crippen LogP contribution in [0.1, 0.15) is 0 Å². The number of benzene rings is 3. The van der Waals surface area contributed by atoms with Crippen LogP contribution in [0.5, 0.6) is 0 Å². The number of nitrogens with one attached hydrogen (secondary N) is 4. The quantitative estimate of drug-likeness (QED) is 0.151. The van der Waals surface area contributed by atoms with Gasteiger partial charge in [0.05, 0.1) is 18.7 Å². The first-order chi connectivity index (χ1) is 20.6. The number of rotatable bonds is 10. The highest BCUT2D eigenvalue weighted by Gasteiger charge is 2.12. The molecule has 0 unspecified atom stereocenters. The lowest BCUT2D eigenvalue weighted by Crippen LogP contribution is -2.39. The van der Waals surface area contributed by atoms with Gasteiger partial charge >= 0.3 is 0 Å². The van der Waals surface area contributed by atoms with Crippen LogP contribution in [0.4, 0.5) is 45.0 Å². The minimum Gasteiger partial charge on any atom is -0.379 e. The third kappa shape index (κ3) is 7.19. The Kier molecular flexibility index (Phi) is 8.50. The van der Waals surface area contributed by atoms with E-state index in [0.29, 0.717) is 29.2 Å².